The lowest BCUT2D eigenvalue weighted by Crippen LogP contribution is -2.38. The Kier molecular flexibility index (Phi) is 6.14. The minimum atomic E-state index is -4.35. The van der Waals surface area contributed by atoms with E-state index < -0.39 is 11.7 Å². The van der Waals surface area contributed by atoms with Gasteiger partial charge in [-0.25, -0.2) is 0 Å². The molecule has 0 bridgehead atoms. The van der Waals surface area contributed by atoms with Crippen molar-refractivity contribution in [3.05, 3.63) is 29.8 Å². The predicted molar refractivity (Wildman–Crippen MR) is 80.8 cm³/mol. The number of benzene rings is 1. The van der Waals surface area contributed by atoms with Gasteiger partial charge in [0.05, 0.1) is 11.3 Å². The number of carbonyl (C=O) groups excluding carboxylic acids is 1. The first-order chi connectivity index (χ1) is 10.4. The molecule has 2 N–H and O–H groups in total. The van der Waals surface area contributed by atoms with Gasteiger partial charge in [0.1, 0.15) is 0 Å². The van der Waals surface area contributed by atoms with E-state index in [1.807, 2.05) is 0 Å². The lowest BCUT2D eigenvalue weighted by molar-refractivity contribution is -0.137. The molecule has 2 rings (SSSR count). The normalized spacial score (nSPS) is 19.0. The van der Waals surface area contributed by atoms with Crippen LogP contribution in [0.3, 0.4) is 0 Å². The first-order valence-corrected chi connectivity index (χ1v) is 8.21. The van der Waals surface area contributed by atoms with E-state index in [4.69, 9.17) is 0 Å². The van der Waals surface area contributed by atoms with Crippen LogP contribution in [0.1, 0.15) is 18.4 Å². The molecule has 0 radical (unpaired) electrons. The van der Waals surface area contributed by atoms with E-state index in [0.717, 1.165) is 49.8 Å². The third-order valence-corrected chi connectivity index (χ3v) is 4.51. The summed E-state index contributed by atoms with van der Waals surface area (Å²) in [7, 11) is 0. The van der Waals surface area contributed by atoms with Gasteiger partial charge in [-0.05, 0) is 50.0 Å². The summed E-state index contributed by atoms with van der Waals surface area (Å²) in [6, 6.07) is 5.04. The molecule has 7 heteroatoms. The minimum absolute atomic E-state index is 0.126. The van der Waals surface area contributed by atoms with Crippen molar-refractivity contribution in [2.24, 2.45) is 5.92 Å². The Bertz CT molecular complexity index is 502. The number of hydrogen-bond donors (Lipinski definition) is 2. The van der Waals surface area contributed by atoms with Crippen LogP contribution in [0, 0.1) is 5.92 Å². The number of thioether (sulfide) groups is 1. The van der Waals surface area contributed by atoms with Crippen LogP contribution in [0.5, 0.6) is 0 Å². The zero-order valence-corrected chi connectivity index (χ0v) is 12.9. The molecule has 0 spiro atoms. The molecule has 122 valence electrons. The van der Waals surface area contributed by atoms with Crippen molar-refractivity contribution in [2.45, 2.75) is 23.9 Å². The Labute approximate surface area is 132 Å². The van der Waals surface area contributed by atoms with Gasteiger partial charge >= 0.3 is 6.18 Å². The molecular formula is C15H19F3N2OS. The Morgan fingerprint density at radius 3 is 2.91 bits per heavy atom. The van der Waals surface area contributed by atoms with E-state index in [9.17, 15) is 18.0 Å². The molecular weight excluding hydrogens is 313 g/mol. The van der Waals surface area contributed by atoms with Crippen LogP contribution >= 0.6 is 11.8 Å². The zero-order chi connectivity index (χ0) is 16.0. The Balaban J connectivity index is 1.76. The Morgan fingerprint density at radius 2 is 2.23 bits per heavy atom. The van der Waals surface area contributed by atoms with Crippen LogP contribution in [0.4, 0.5) is 13.2 Å². The van der Waals surface area contributed by atoms with Crippen LogP contribution in [-0.2, 0) is 11.0 Å². The van der Waals surface area contributed by atoms with Crippen molar-refractivity contribution >= 4 is 17.7 Å². The SMILES string of the molecule is O=C(CSc1cccc(C(F)(F)F)c1)NCC1CCCNC1. The minimum Gasteiger partial charge on any atom is -0.355 e. The third kappa shape index (κ3) is 5.53. The maximum atomic E-state index is 12.6. The van der Waals surface area contributed by atoms with Gasteiger partial charge in [0.25, 0.3) is 0 Å². The summed E-state index contributed by atoms with van der Waals surface area (Å²) in [6.07, 6.45) is -2.15. The van der Waals surface area contributed by atoms with Crippen molar-refractivity contribution in [1.29, 1.82) is 0 Å². The number of hydrogen-bond acceptors (Lipinski definition) is 3. The molecule has 1 aromatic carbocycles. The molecule has 1 atom stereocenters. The fourth-order valence-electron chi connectivity index (χ4n) is 2.32. The molecule has 1 aliphatic rings. The number of amides is 1. The zero-order valence-electron chi connectivity index (χ0n) is 12.1. The summed E-state index contributed by atoms with van der Waals surface area (Å²) in [4.78, 5) is 12.2. The van der Waals surface area contributed by atoms with E-state index in [1.54, 1.807) is 6.07 Å². The molecule has 1 aromatic rings. The number of nitrogens with one attached hydrogen (secondary N) is 2. The average Bonchev–Trinajstić information content (AvgIpc) is 2.51. The lowest BCUT2D eigenvalue weighted by atomic mass is 10.00. The summed E-state index contributed by atoms with van der Waals surface area (Å²) in [5.41, 5.74) is -0.689. The molecule has 1 saturated heterocycles. The smallest absolute Gasteiger partial charge is 0.355 e. The predicted octanol–water partition coefficient (Wildman–Crippen LogP) is 2.91. The van der Waals surface area contributed by atoms with Gasteiger partial charge in [0.2, 0.25) is 5.91 Å². The standard InChI is InChI=1S/C15H19F3N2OS/c16-15(17,18)12-4-1-5-13(7-12)22-10-14(21)20-9-11-3-2-6-19-8-11/h1,4-5,7,11,19H,2-3,6,8-10H2,(H,20,21). The second-order valence-electron chi connectivity index (χ2n) is 5.33. The van der Waals surface area contributed by atoms with Gasteiger partial charge in [-0.2, -0.15) is 13.2 Å². The van der Waals surface area contributed by atoms with Gasteiger partial charge in [-0.15, -0.1) is 11.8 Å². The molecule has 0 aliphatic carbocycles. The molecule has 1 unspecified atom stereocenters. The van der Waals surface area contributed by atoms with Crippen LogP contribution < -0.4 is 10.6 Å². The first-order valence-electron chi connectivity index (χ1n) is 7.22. The fraction of sp³-hybridized carbons (Fsp3) is 0.533. The van der Waals surface area contributed by atoms with E-state index in [0.29, 0.717) is 17.4 Å². The van der Waals surface area contributed by atoms with Crippen molar-refractivity contribution in [2.75, 3.05) is 25.4 Å². The number of alkyl halides is 3. The first kappa shape index (κ1) is 17.1. The molecule has 0 aromatic heterocycles. The topological polar surface area (TPSA) is 41.1 Å². The van der Waals surface area contributed by atoms with Gasteiger partial charge < -0.3 is 10.6 Å². The number of halogens is 3. The highest BCUT2D eigenvalue weighted by Crippen LogP contribution is 2.31. The molecule has 22 heavy (non-hydrogen) atoms. The van der Waals surface area contributed by atoms with Crippen LogP contribution in [0.15, 0.2) is 29.2 Å². The summed E-state index contributed by atoms with van der Waals surface area (Å²) >= 11 is 1.12. The molecule has 1 heterocycles. The van der Waals surface area contributed by atoms with E-state index >= 15 is 0 Å². The maximum Gasteiger partial charge on any atom is 0.416 e. The molecule has 3 nitrogen and oxygen atoms in total. The van der Waals surface area contributed by atoms with E-state index in [2.05, 4.69) is 10.6 Å². The summed E-state index contributed by atoms with van der Waals surface area (Å²) in [5.74, 6) is 0.422. The van der Waals surface area contributed by atoms with Gasteiger partial charge in [-0.1, -0.05) is 6.07 Å². The number of piperidine rings is 1. The fourth-order valence-corrected chi connectivity index (χ4v) is 3.10. The summed E-state index contributed by atoms with van der Waals surface area (Å²) < 4.78 is 37.8. The van der Waals surface area contributed by atoms with Gasteiger partial charge in [0, 0.05) is 11.4 Å². The number of rotatable bonds is 5. The highest BCUT2D eigenvalue weighted by molar-refractivity contribution is 8.00. The summed E-state index contributed by atoms with van der Waals surface area (Å²) in [5, 5.41) is 6.12. The van der Waals surface area contributed by atoms with Crippen LogP contribution in [0.2, 0.25) is 0 Å². The van der Waals surface area contributed by atoms with Crippen molar-refractivity contribution in [3.63, 3.8) is 0 Å². The van der Waals surface area contributed by atoms with E-state index in [-0.39, 0.29) is 11.7 Å². The Morgan fingerprint density at radius 1 is 1.41 bits per heavy atom. The van der Waals surface area contributed by atoms with Crippen molar-refractivity contribution < 1.29 is 18.0 Å². The summed E-state index contributed by atoms with van der Waals surface area (Å²) in [6.45, 7) is 2.55. The van der Waals surface area contributed by atoms with Crippen LogP contribution in [-0.4, -0.2) is 31.3 Å². The lowest BCUT2D eigenvalue weighted by Gasteiger charge is -2.22. The van der Waals surface area contributed by atoms with E-state index in [1.165, 1.54) is 6.07 Å². The maximum absolute atomic E-state index is 12.6. The molecule has 1 aliphatic heterocycles. The second kappa shape index (κ2) is 7.87. The van der Waals surface area contributed by atoms with Crippen molar-refractivity contribution in [1.82, 2.24) is 10.6 Å². The largest absolute Gasteiger partial charge is 0.416 e. The second-order valence-corrected chi connectivity index (χ2v) is 6.38. The molecule has 0 saturated carbocycles. The average molecular weight is 332 g/mol. The highest BCUT2D eigenvalue weighted by Gasteiger charge is 2.30. The molecule has 1 fully saturated rings. The third-order valence-electron chi connectivity index (χ3n) is 3.52. The van der Waals surface area contributed by atoms with Crippen molar-refractivity contribution in [3.8, 4) is 0 Å². The monoisotopic (exact) mass is 332 g/mol. The number of carbonyl (C=O) groups is 1. The van der Waals surface area contributed by atoms with Crippen LogP contribution in [0.25, 0.3) is 0 Å². The van der Waals surface area contributed by atoms with Gasteiger partial charge in [-0.3, -0.25) is 4.79 Å². The van der Waals surface area contributed by atoms with Gasteiger partial charge in [0.15, 0.2) is 0 Å². The Hall–Kier alpha value is -1.21. The highest BCUT2D eigenvalue weighted by atomic mass is 32.2. The quantitative estimate of drug-likeness (QED) is 0.815. The molecule has 1 amide bonds.